The third-order valence-corrected chi connectivity index (χ3v) is 5.17. The molecular weight excluding hydrogens is 419 g/mol. The van der Waals surface area contributed by atoms with E-state index in [0.29, 0.717) is 9.79 Å². The van der Waals surface area contributed by atoms with Gasteiger partial charge in [0.25, 0.3) is 11.8 Å². The van der Waals surface area contributed by atoms with E-state index in [2.05, 4.69) is 5.32 Å². The molecule has 0 fully saturated rings. The Morgan fingerprint density at radius 3 is 2.60 bits per heavy atom. The number of carbonyl (C=O) groups is 2. The fourth-order valence-corrected chi connectivity index (χ4v) is 3.65. The van der Waals surface area contributed by atoms with Crippen molar-refractivity contribution in [2.75, 3.05) is 18.5 Å². The van der Waals surface area contributed by atoms with Gasteiger partial charge in [-0.3, -0.25) is 14.5 Å². The Morgan fingerprint density at radius 1 is 1.17 bits per heavy atom. The van der Waals surface area contributed by atoms with Crippen LogP contribution in [0.1, 0.15) is 11.1 Å². The first-order valence-corrected chi connectivity index (χ1v) is 9.39. The first-order valence-electron chi connectivity index (χ1n) is 8.57. The van der Waals surface area contributed by atoms with Crippen LogP contribution in [0.4, 0.5) is 18.9 Å². The SMILES string of the molecule is N#Cc1ccc(Sc2cccc(C(F)(F)F)c2)c(NC2=CC(=O)N(CCO)C2=O)c1. The summed E-state index contributed by atoms with van der Waals surface area (Å²) in [5.74, 6) is -1.24. The highest BCUT2D eigenvalue weighted by atomic mass is 32.2. The molecule has 2 amide bonds. The minimum Gasteiger partial charge on any atom is -0.395 e. The summed E-state index contributed by atoms with van der Waals surface area (Å²) in [5.41, 5.74) is -0.311. The van der Waals surface area contributed by atoms with E-state index in [9.17, 15) is 22.8 Å². The van der Waals surface area contributed by atoms with E-state index in [1.54, 1.807) is 6.07 Å². The number of hydrogen-bond acceptors (Lipinski definition) is 6. The zero-order valence-electron chi connectivity index (χ0n) is 15.2. The molecule has 1 heterocycles. The molecule has 0 spiro atoms. The number of nitrogens with one attached hydrogen (secondary N) is 1. The molecule has 0 atom stereocenters. The molecule has 0 radical (unpaired) electrons. The van der Waals surface area contributed by atoms with Crippen LogP contribution in [0.3, 0.4) is 0 Å². The van der Waals surface area contributed by atoms with Gasteiger partial charge < -0.3 is 10.4 Å². The molecule has 2 aromatic carbocycles. The van der Waals surface area contributed by atoms with Crippen LogP contribution in [-0.4, -0.2) is 35.0 Å². The van der Waals surface area contributed by atoms with Gasteiger partial charge in [0.2, 0.25) is 0 Å². The van der Waals surface area contributed by atoms with Crippen molar-refractivity contribution in [1.82, 2.24) is 4.90 Å². The minimum absolute atomic E-state index is 0.0607. The lowest BCUT2D eigenvalue weighted by Crippen LogP contribution is -2.34. The van der Waals surface area contributed by atoms with Crippen molar-refractivity contribution in [3.8, 4) is 6.07 Å². The number of aliphatic hydroxyl groups is 1. The standard InChI is InChI=1S/C20H14F3N3O3S/c21-20(22,23)13-2-1-3-14(9-13)30-17-5-4-12(11-24)8-15(17)25-16-10-18(28)26(6-7-27)19(16)29/h1-5,8-10,25,27H,6-7H2. The molecule has 2 aromatic rings. The molecular formula is C20H14F3N3O3S. The van der Waals surface area contributed by atoms with Crippen molar-refractivity contribution in [2.45, 2.75) is 16.0 Å². The van der Waals surface area contributed by atoms with Crippen LogP contribution in [0.25, 0.3) is 0 Å². The predicted octanol–water partition coefficient (Wildman–Crippen LogP) is 3.39. The predicted molar refractivity (Wildman–Crippen MR) is 102 cm³/mol. The summed E-state index contributed by atoms with van der Waals surface area (Å²) < 4.78 is 38.9. The van der Waals surface area contributed by atoms with Gasteiger partial charge in [-0.25, -0.2) is 0 Å². The maximum atomic E-state index is 13.0. The maximum Gasteiger partial charge on any atom is 0.416 e. The number of benzene rings is 2. The van der Waals surface area contributed by atoms with Crippen molar-refractivity contribution in [3.63, 3.8) is 0 Å². The molecule has 0 bridgehead atoms. The van der Waals surface area contributed by atoms with E-state index >= 15 is 0 Å². The largest absolute Gasteiger partial charge is 0.416 e. The lowest BCUT2D eigenvalue weighted by Gasteiger charge is -2.15. The van der Waals surface area contributed by atoms with Gasteiger partial charge in [0.05, 0.1) is 36.0 Å². The van der Waals surface area contributed by atoms with E-state index in [1.165, 1.54) is 24.3 Å². The van der Waals surface area contributed by atoms with Crippen LogP contribution in [0.15, 0.2) is 64.0 Å². The number of nitrogens with zero attached hydrogens (tertiary/aromatic N) is 2. The Kier molecular flexibility index (Phi) is 6.14. The van der Waals surface area contributed by atoms with Crippen LogP contribution in [0.5, 0.6) is 0 Å². The second kappa shape index (κ2) is 8.61. The van der Waals surface area contributed by atoms with Gasteiger partial charge in [0.1, 0.15) is 5.70 Å². The highest BCUT2D eigenvalue weighted by Gasteiger charge is 2.32. The molecule has 1 aliphatic heterocycles. The summed E-state index contributed by atoms with van der Waals surface area (Å²) in [6.45, 7) is -0.553. The summed E-state index contributed by atoms with van der Waals surface area (Å²) in [6.07, 6.45) is -3.42. The van der Waals surface area contributed by atoms with Crippen LogP contribution in [0, 0.1) is 11.3 Å². The van der Waals surface area contributed by atoms with Crippen LogP contribution in [-0.2, 0) is 15.8 Å². The van der Waals surface area contributed by atoms with E-state index < -0.39 is 23.6 Å². The van der Waals surface area contributed by atoms with E-state index in [1.807, 2.05) is 6.07 Å². The number of amides is 2. The Bertz CT molecular complexity index is 1080. The third kappa shape index (κ3) is 4.64. The zero-order valence-corrected chi connectivity index (χ0v) is 16.0. The molecule has 0 saturated heterocycles. The number of carbonyl (C=O) groups excluding carboxylic acids is 2. The Hall–Kier alpha value is -3.29. The molecule has 154 valence electrons. The summed E-state index contributed by atoms with van der Waals surface area (Å²) in [7, 11) is 0. The molecule has 30 heavy (non-hydrogen) atoms. The van der Waals surface area contributed by atoms with Crippen LogP contribution < -0.4 is 5.32 Å². The highest BCUT2D eigenvalue weighted by molar-refractivity contribution is 7.99. The quantitative estimate of drug-likeness (QED) is 0.679. The Balaban J connectivity index is 1.91. The molecule has 0 unspecified atom stereocenters. The average molecular weight is 433 g/mol. The van der Waals surface area contributed by atoms with Gasteiger partial charge in [-0.2, -0.15) is 18.4 Å². The van der Waals surface area contributed by atoms with Gasteiger partial charge >= 0.3 is 6.18 Å². The zero-order chi connectivity index (χ0) is 21.9. The number of nitriles is 1. The Labute approximate surface area is 173 Å². The van der Waals surface area contributed by atoms with Crippen molar-refractivity contribution >= 4 is 29.3 Å². The van der Waals surface area contributed by atoms with Crippen molar-refractivity contribution in [2.24, 2.45) is 0 Å². The first-order chi connectivity index (χ1) is 14.2. The van der Waals surface area contributed by atoms with Gasteiger partial charge in [0, 0.05) is 15.9 Å². The van der Waals surface area contributed by atoms with Crippen molar-refractivity contribution in [1.29, 1.82) is 5.26 Å². The van der Waals surface area contributed by atoms with Crippen molar-refractivity contribution < 1.29 is 27.9 Å². The fraction of sp³-hybridized carbons (Fsp3) is 0.150. The molecule has 2 N–H and O–H groups in total. The van der Waals surface area contributed by atoms with Crippen molar-refractivity contribution in [3.05, 3.63) is 65.4 Å². The smallest absolute Gasteiger partial charge is 0.395 e. The molecule has 0 saturated carbocycles. The number of anilines is 1. The van der Waals surface area contributed by atoms with Crippen LogP contribution in [0.2, 0.25) is 0 Å². The highest BCUT2D eigenvalue weighted by Crippen LogP contribution is 2.38. The van der Waals surface area contributed by atoms with Gasteiger partial charge in [-0.1, -0.05) is 17.8 Å². The fourth-order valence-electron chi connectivity index (χ4n) is 2.70. The molecule has 6 nitrogen and oxygen atoms in total. The monoisotopic (exact) mass is 433 g/mol. The molecule has 3 rings (SSSR count). The molecule has 1 aliphatic rings. The molecule has 0 aliphatic carbocycles. The van der Waals surface area contributed by atoms with E-state index in [0.717, 1.165) is 34.9 Å². The Morgan fingerprint density at radius 2 is 1.93 bits per heavy atom. The number of imide groups is 1. The molecule has 10 heteroatoms. The maximum absolute atomic E-state index is 13.0. The first kappa shape index (κ1) is 21.4. The number of β-amino-alcohol motifs (C(OH)–C–C–N with tert-alkyl or cyclic N) is 1. The van der Waals surface area contributed by atoms with Gasteiger partial charge in [0.15, 0.2) is 0 Å². The second-order valence-corrected chi connectivity index (χ2v) is 7.27. The number of rotatable bonds is 6. The summed E-state index contributed by atoms with van der Waals surface area (Å²) in [6, 6.07) is 11.2. The van der Waals surface area contributed by atoms with Gasteiger partial charge in [-0.15, -0.1) is 0 Å². The number of alkyl halides is 3. The van der Waals surface area contributed by atoms with E-state index in [-0.39, 0.29) is 30.1 Å². The number of halogens is 3. The third-order valence-electron chi connectivity index (χ3n) is 4.10. The summed E-state index contributed by atoms with van der Waals surface area (Å²) in [4.78, 5) is 25.9. The van der Waals surface area contributed by atoms with Gasteiger partial charge in [-0.05, 0) is 36.4 Å². The number of hydrogen-bond donors (Lipinski definition) is 2. The second-order valence-electron chi connectivity index (χ2n) is 6.15. The number of aliphatic hydroxyl groups excluding tert-OH is 1. The lowest BCUT2D eigenvalue weighted by atomic mass is 10.2. The summed E-state index contributed by atoms with van der Waals surface area (Å²) >= 11 is 1.01. The minimum atomic E-state index is -4.49. The summed E-state index contributed by atoms with van der Waals surface area (Å²) in [5, 5.41) is 20.9. The normalized spacial score (nSPS) is 14.0. The average Bonchev–Trinajstić information content (AvgIpc) is 2.96. The topological polar surface area (TPSA) is 93.4 Å². The lowest BCUT2D eigenvalue weighted by molar-refractivity contribution is -0.138. The van der Waals surface area contributed by atoms with Crippen LogP contribution >= 0.6 is 11.8 Å². The molecule has 0 aromatic heterocycles. The van der Waals surface area contributed by atoms with E-state index in [4.69, 9.17) is 10.4 Å².